The molecule has 41 heavy (non-hydrogen) atoms. The van der Waals surface area contributed by atoms with Crippen LogP contribution in [-0.2, 0) is 29.5 Å². The van der Waals surface area contributed by atoms with E-state index in [1.165, 1.54) is 12.1 Å². The molecule has 1 heterocycles. The molecular formula is C27H28N6O8. The number of rotatable bonds is 12. The van der Waals surface area contributed by atoms with E-state index in [2.05, 4.69) is 16.0 Å². The standard InChI is InChI=1S/C27H28N6O8/c28-22(29)15-6-8-16(9-7-15)27(17-10-11-17)25(40)33(26(41)32-27)13-19(34)30-18(12-20(35)36)23(37)31-21(24(38)39)14-4-2-1-3-5-14/h1-9,17-18,21H,10-13H2,(H3,28,29)(H,30,34)(H,31,37)(H,32,41)(H,35,36)(H,38,39)/t18-,21-,27?/m0/s1. The number of nitrogens with one attached hydrogen (secondary N) is 4. The molecule has 1 aliphatic heterocycles. The highest BCUT2D eigenvalue weighted by atomic mass is 16.4. The molecule has 0 bridgehead atoms. The third-order valence-corrected chi connectivity index (χ3v) is 6.97. The summed E-state index contributed by atoms with van der Waals surface area (Å²) in [6.45, 7) is -0.810. The van der Waals surface area contributed by atoms with E-state index in [0.29, 0.717) is 28.9 Å². The van der Waals surface area contributed by atoms with Gasteiger partial charge in [0, 0.05) is 5.56 Å². The minimum absolute atomic E-state index is 0.171. The predicted molar refractivity (Wildman–Crippen MR) is 141 cm³/mol. The van der Waals surface area contributed by atoms with Gasteiger partial charge < -0.3 is 31.9 Å². The maximum Gasteiger partial charge on any atom is 0.330 e. The van der Waals surface area contributed by atoms with Crippen LogP contribution in [0.3, 0.4) is 0 Å². The smallest absolute Gasteiger partial charge is 0.330 e. The van der Waals surface area contributed by atoms with Crippen LogP contribution in [0.1, 0.15) is 42.0 Å². The Labute approximate surface area is 233 Å². The molecule has 2 aromatic carbocycles. The predicted octanol–water partition coefficient (Wildman–Crippen LogP) is 0.0294. The van der Waals surface area contributed by atoms with Crippen molar-refractivity contribution in [3.05, 3.63) is 71.3 Å². The van der Waals surface area contributed by atoms with E-state index < -0.39 is 66.3 Å². The number of carboxylic acids is 2. The number of carboxylic acid groups (broad SMARTS) is 2. The van der Waals surface area contributed by atoms with Crippen LogP contribution in [0, 0.1) is 11.3 Å². The lowest BCUT2D eigenvalue weighted by atomic mass is 9.84. The topological polar surface area (TPSA) is 232 Å². The average molecular weight is 565 g/mol. The zero-order valence-corrected chi connectivity index (χ0v) is 21.6. The fraction of sp³-hybridized carbons (Fsp3) is 0.296. The highest BCUT2D eigenvalue weighted by molar-refractivity contribution is 6.10. The highest BCUT2D eigenvalue weighted by Crippen LogP contribution is 2.49. The lowest BCUT2D eigenvalue weighted by molar-refractivity contribution is -0.144. The Morgan fingerprint density at radius 3 is 2.20 bits per heavy atom. The number of nitrogen functional groups attached to an aromatic ring is 1. The molecule has 2 aromatic rings. The van der Waals surface area contributed by atoms with Crippen molar-refractivity contribution in [3.8, 4) is 0 Å². The first-order chi connectivity index (χ1) is 19.4. The normalized spacial score (nSPS) is 19.6. The second kappa shape index (κ2) is 11.5. The van der Waals surface area contributed by atoms with Crippen molar-refractivity contribution in [1.29, 1.82) is 5.41 Å². The fourth-order valence-corrected chi connectivity index (χ4v) is 4.82. The van der Waals surface area contributed by atoms with Gasteiger partial charge in [0.15, 0.2) is 6.04 Å². The molecule has 2 fully saturated rings. The Morgan fingerprint density at radius 2 is 1.66 bits per heavy atom. The number of amidine groups is 1. The third-order valence-electron chi connectivity index (χ3n) is 6.97. The zero-order valence-electron chi connectivity index (χ0n) is 21.6. The molecule has 0 spiro atoms. The van der Waals surface area contributed by atoms with Crippen LogP contribution in [0.2, 0.25) is 0 Å². The molecule has 1 aliphatic carbocycles. The number of imide groups is 1. The van der Waals surface area contributed by atoms with Crippen molar-refractivity contribution in [2.24, 2.45) is 11.7 Å². The Balaban J connectivity index is 1.50. The van der Waals surface area contributed by atoms with Crippen LogP contribution in [0.4, 0.5) is 4.79 Å². The molecule has 0 radical (unpaired) electrons. The largest absolute Gasteiger partial charge is 0.481 e. The van der Waals surface area contributed by atoms with Crippen LogP contribution in [0.25, 0.3) is 0 Å². The van der Waals surface area contributed by atoms with Gasteiger partial charge in [0.25, 0.3) is 5.91 Å². The van der Waals surface area contributed by atoms with Gasteiger partial charge in [-0.1, -0.05) is 54.6 Å². The van der Waals surface area contributed by atoms with Gasteiger partial charge in [-0.15, -0.1) is 0 Å². The summed E-state index contributed by atoms with van der Waals surface area (Å²) in [5.41, 5.74) is 5.18. The minimum atomic E-state index is -1.70. The van der Waals surface area contributed by atoms with Gasteiger partial charge in [-0.2, -0.15) is 0 Å². The molecule has 5 amide bonds. The first-order valence-corrected chi connectivity index (χ1v) is 12.6. The fourth-order valence-electron chi connectivity index (χ4n) is 4.82. The van der Waals surface area contributed by atoms with Gasteiger partial charge in [0.2, 0.25) is 11.8 Å². The van der Waals surface area contributed by atoms with Gasteiger partial charge >= 0.3 is 18.0 Å². The lowest BCUT2D eigenvalue weighted by Gasteiger charge is -2.27. The molecule has 214 valence electrons. The van der Waals surface area contributed by atoms with Crippen molar-refractivity contribution in [3.63, 3.8) is 0 Å². The van der Waals surface area contributed by atoms with E-state index in [9.17, 15) is 39.0 Å². The zero-order chi connectivity index (χ0) is 29.9. The Kier molecular flexibility index (Phi) is 8.03. The lowest BCUT2D eigenvalue weighted by Crippen LogP contribution is -2.52. The number of hydrogen-bond acceptors (Lipinski definition) is 7. The number of urea groups is 1. The summed E-state index contributed by atoms with van der Waals surface area (Å²) < 4.78 is 0. The van der Waals surface area contributed by atoms with E-state index in [0.717, 1.165) is 0 Å². The van der Waals surface area contributed by atoms with Crippen molar-refractivity contribution in [2.45, 2.75) is 36.9 Å². The Morgan fingerprint density at radius 1 is 1.02 bits per heavy atom. The van der Waals surface area contributed by atoms with E-state index >= 15 is 0 Å². The molecule has 14 nitrogen and oxygen atoms in total. The molecule has 8 N–H and O–H groups in total. The summed E-state index contributed by atoms with van der Waals surface area (Å²) in [5.74, 6) is -6.02. The molecule has 3 atom stereocenters. The monoisotopic (exact) mass is 564 g/mol. The molecule has 2 aliphatic rings. The van der Waals surface area contributed by atoms with E-state index in [-0.39, 0.29) is 17.3 Å². The highest BCUT2D eigenvalue weighted by Gasteiger charge is 2.60. The van der Waals surface area contributed by atoms with Crippen LogP contribution in [0.5, 0.6) is 0 Å². The van der Waals surface area contributed by atoms with Crippen LogP contribution >= 0.6 is 0 Å². The first-order valence-electron chi connectivity index (χ1n) is 12.6. The molecule has 0 aromatic heterocycles. The molecule has 1 saturated heterocycles. The van der Waals surface area contributed by atoms with Gasteiger partial charge in [-0.25, -0.2) is 9.59 Å². The van der Waals surface area contributed by atoms with Crippen molar-refractivity contribution < 1.29 is 39.0 Å². The van der Waals surface area contributed by atoms with Crippen molar-refractivity contribution >= 4 is 41.5 Å². The number of amides is 5. The minimum Gasteiger partial charge on any atom is -0.481 e. The van der Waals surface area contributed by atoms with E-state index in [4.69, 9.17) is 11.1 Å². The summed E-state index contributed by atoms with van der Waals surface area (Å²) in [4.78, 5) is 76.2. The summed E-state index contributed by atoms with van der Waals surface area (Å²) >= 11 is 0. The first kappa shape index (κ1) is 28.7. The summed E-state index contributed by atoms with van der Waals surface area (Å²) in [6, 6.07) is 9.88. The molecule has 1 saturated carbocycles. The second-order valence-electron chi connectivity index (χ2n) is 9.80. The molecular weight excluding hydrogens is 536 g/mol. The Bertz CT molecular complexity index is 1410. The van der Waals surface area contributed by atoms with Crippen molar-refractivity contribution in [2.75, 3.05) is 6.54 Å². The Hall–Kier alpha value is -5.27. The maximum atomic E-state index is 13.6. The van der Waals surface area contributed by atoms with Gasteiger partial charge in [0.05, 0.1) is 6.42 Å². The number of carbonyl (C=O) groups excluding carboxylic acids is 4. The SMILES string of the molecule is N=C(N)c1ccc(C2(C3CC3)NC(=O)N(CC(=O)N[C@@H](CC(=O)O)C(=O)N[C@H](C(=O)O)c3ccccc3)C2=O)cc1. The molecule has 1 unspecified atom stereocenters. The average Bonchev–Trinajstić information content (AvgIpc) is 3.75. The second-order valence-corrected chi connectivity index (χ2v) is 9.80. The van der Waals surface area contributed by atoms with Gasteiger partial charge in [0.1, 0.15) is 24.0 Å². The number of benzene rings is 2. The number of nitrogens with zero attached hydrogens (tertiary/aromatic N) is 1. The van der Waals surface area contributed by atoms with Crippen LogP contribution < -0.4 is 21.7 Å². The van der Waals surface area contributed by atoms with Gasteiger partial charge in [-0.3, -0.25) is 29.5 Å². The number of nitrogens with two attached hydrogens (primary N) is 1. The number of carbonyl (C=O) groups is 6. The van der Waals surface area contributed by atoms with Gasteiger partial charge in [-0.05, 0) is 29.9 Å². The quantitative estimate of drug-likeness (QED) is 0.104. The van der Waals surface area contributed by atoms with Crippen LogP contribution in [0.15, 0.2) is 54.6 Å². The third kappa shape index (κ3) is 6.00. The summed E-state index contributed by atoms with van der Waals surface area (Å²) in [5, 5.41) is 33.6. The van der Waals surface area contributed by atoms with E-state index in [1.807, 2.05) is 0 Å². The maximum absolute atomic E-state index is 13.6. The number of aliphatic carboxylic acids is 2. The van der Waals surface area contributed by atoms with Crippen LogP contribution in [-0.4, -0.2) is 69.2 Å². The summed E-state index contributed by atoms with van der Waals surface area (Å²) in [6.07, 6.45) is 0.411. The van der Waals surface area contributed by atoms with E-state index in [1.54, 1.807) is 42.5 Å². The van der Waals surface area contributed by atoms with Crippen molar-refractivity contribution in [1.82, 2.24) is 20.9 Å². The molecule has 14 heteroatoms. The number of hydrogen-bond donors (Lipinski definition) is 7. The summed E-state index contributed by atoms with van der Waals surface area (Å²) in [7, 11) is 0. The molecule has 4 rings (SSSR count).